The molecule has 3 nitrogen and oxygen atoms in total. The van der Waals surface area contributed by atoms with Gasteiger partial charge in [-0.2, -0.15) is 0 Å². The summed E-state index contributed by atoms with van der Waals surface area (Å²) in [6, 6.07) is 0.433. The number of hydrogen-bond donors (Lipinski definition) is 0. The van der Waals surface area contributed by atoms with Crippen molar-refractivity contribution in [2.75, 3.05) is 0 Å². The predicted octanol–water partition coefficient (Wildman–Crippen LogP) is 2.13. The highest BCUT2D eigenvalue weighted by Gasteiger charge is 2.13. The lowest BCUT2D eigenvalue weighted by Gasteiger charge is -2.08. The Kier molecular flexibility index (Phi) is 2.83. The minimum Gasteiger partial charge on any atom is -0.234 e. The fourth-order valence-electron chi connectivity index (χ4n) is 1.87. The highest BCUT2D eigenvalue weighted by atomic mass is 35.5. The number of hydrogen-bond acceptors (Lipinski definition) is 2. The largest absolute Gasteiger partial charge is 0.234 e. The molecule has 0 aliphatic heterocycles. The van der Waals surface area contributed by atoms with E-state index >= 15 is 0 Å². The van der Waals surface area contributed by atoms with Gasteiger partial charge in [-0.3, -0.25) is 0 Å². The van der Waals surface area contributed by atoms with E-state index in [2.05, 4.69) is 10.3 Å². The molecule has 1 aliphatic rings. The Morgan fingerprint density at radius 1 is 1.15 bits per heavy atom. The van der Waals surface area contributed by atoms with Gasteiger partial charge in [0.05, 0.1) is 11.4 Å². The van der Waals surface area contributed by atoms with Gasteiger partial charge in [0.15, 0.2) is 0 Å². The van der Waals surface area contributed by atoms with E-state index < -0.39 is 0 Å². The van der Waals surface area contributed by atoms with Crippen molar-refractivity contribution in [1.82, 2.24) is 15.0 Å². The smallest absolute Gasteiger partial charge is 0.117 e. The van der Waals surface area contributed by atoms with Crippen molar-refractivity contribution >= 4 is 11.6 Å². The van der Waals surface area contributed by atoms with Crippen LogP contribution in [0.4, 0.5) is 0 Å². The van der Waals surface area contributed by atoms with E-state index in [0.29, 0.717) is 6.00 Å². The van der Waals surface area contributed by atoms with E-state index in [-0.39, 0.29) is 0 Å². The van der Waals surface area contributed by atoms with Crippen LogP contribution in [0.25, 0.3) is 0 Å². The zero-order chi connectivity index (χ0) is 9.10. The van der Waals surface area contributed by atoms with Crippen LogP contribution < -0.4 is 0 Å². The molecule has 0 fully saturated rings. The van der Waals surface area contributed by atoms with Gasteiger partial charge in [-0.1, -0.05) is 18.1 Å². The quantitative estimate of drug-likeness (QED) is 0.649. The van der Waals surface area contributed by atoms with Crippen LogP contribution in [0.3, 0.4) is 0 Å². The molecule has 0 saturated carbocycles. The molecule has 0 N–H and O–H groups in total. The summed E-state index contributed by atoms with van der Waals surface area (Å²) in [5.41, 5.74) is 2.43. The zero-order valence-corrected chi connectivity index (χ0v) is 8.43. The molecule has 0 spiro atoms. The summed E-state index contributed by atoms with van der Waals surface area (Å²) >= 11 is 5.76. The first-order chi connectivity index (χ1) is 6.42. The number of halogens is 1. The standard InChI is InChI=1S/C9H14ClN3/c10-7-13-9-6-4-2-1-3-5-8(9)11-12-13/h1-7H2. The third-order valence-electron chi connectivity index (χ3n) is 2.61. The van der Waals surface area contributed by atoms with Gasteiger partial charge in [0.1, 0.15) is 6.00 Å². The highest BCUT2D eigenvalue weighted by molar-refractivity contribution is 6.15. The molecular weight excluding hydrogens is 186 g/mol. The lowest BCUT2D eigenvalue weighted by atomic mass is 10.0. The summed E-state index contributed by atoms with van der Waals surface area (Å²) in [7, 11) is 0. The second-order valence-electron chi connectivity index (χ2n) is 3.52. The normalized spacial score (nSPS) is 17.6. The molecule has 0 saturated heterocycles. The van der Waals surface area contributed by atoms with Crippen LogP contribution in [-0.2, 0) is 18.8 Å². The van der Waals surface area contributed by atoms with Crippen molar-refractivity contribution in [3.63, 3.8) is 0 Å². The van der Waals surface area contributed by atoms with Crippen LogP contribution in [0.5, 0.6) is 0 Å². The van der Waals surface area contributed by atoms with Crippen molar-refractivity contribution < 1.29 is 0 Å². The first kappa shape index (κ1) is 9.00. The molecule has 1 aliphatic carbocycles. The molecule has 0 atom stereocenters. The molecule has 1 heterocycles. The monoisotopic (exact) mass is 199 g/mol. The Bertz CT molecular complexity index is 282. The number of aryl methyl sites for hydroxylation is 1. The first-order valence-corrected chi connectivity index (χ1v) is 5.42. The summed E-state index contributed by atoms with van der Waals surface area (Å²) in [6.07, 6.45) is 7.31. The van der Waals surface area contributed by atoms with E-state index in [9.17, 15) is 0 Å². The van der Waals surface area contributed by atoms with Crippen molar-refractivity contribution in [3.05, 3.63) is 11.4 Å². The highest BCUT2D eigenvalue weighted by Crippen LogP contribution is 2.18. The SMILES string of the molecule is ClCn1nnc2c1CCCCCC2. The van der Waals surface area contributed by atoms with E-state index in [4.69, 9.17) is 11.6 Å². The maximum atomic E-state index is 5.76. The third kappa shape index (κ3) is 1.85. The minimum atomic E-state index is 0.433. The van der Waals surface area contributed by atoms with Gasteiger partial charge < -0.3 is 0 Å². The molecular formula is C9H14ClN3. The van der Waals surface area contributed by atoms with Gasteiger partial charge in [0.25, 0.3) is 0 Å². The Morgan fingerprint density at radius 2 is 1.92 bits per heavy atom. The Morgan fingerprint density at radius 3 is 2.69 bits per heavy atom. The maximum absolute atomic E-state index is 5.76. The number of nitrogens with zero attached hydrogens (tertiary/aromatic N) is 3. The molecule has 0 aromatic carbocycles. The first-order valence-electron chi connectivity index (χ1n) is 4.89. The van der Waals surface area contributed by atoms with Crippen molar-refractivity contribution in [2.45, 2.75) is 44.5 Å². The van der Waals surface area contributed by atoms with Crippen molar-refractivity contribution in [3.8, 4) is 0 Å². The predicted molar refractivity (Wildman–Crippen MR) is 51.8 cm³/mol. The van der Waals surface area contributed by atoms with Gasteiger partial charge >= 0.3 is 0 Å². The molecule has 1 aromatic heterocycles. The molecule has 0 radical (unpaired) electrons. The van der Waals surface area contributed by atoms with Crippen LogP contribution in [0.2, 0.25) is 0 Å². The second kappa shape index (κ2) is 4.09. The molecule has 0 unspecified atom stereocenters. The third-order valence-corrected chi connectivity index (χ3v) is 2.83. The summed E-state index contributed by atoms with van der Waals surface area (Å²) in [6.45, 7) is 0. The Balaban J connectivity index is 2.25. The van der Waals surface area contributed by atoms with Crippen LogP contribution in [0.15, 0.2) is 0 Å². The molecule has 2 rings (SSSR count). The minimum absolute atomic E-state index is 0.433. The lowest BCUT2D eigenvalue weighted by Crippen LogP contribution is -2.05. The molecule has 1 aromatic rings. The van der Waals surface area contributed by atoms with E-state index in [1.165, 1.54) is 37.1 Å². The number of rotatable bonds is 1. The Labute approximate surface area is 83.1 Å². The van der Waals surface area contributed by atoms with Gasteiger partial charge in [-0.25, -0.2) is 4.68 Å². The molecule has 0 bridgehead atoms. The van der Waals surface area contributed by atoms with Gasteiger partial charge in [-0.15, -0.1) is 16.7 Å². The number of alkyl halides is 1. The lowest BCUT2D eigenvalue weighted by molar-refractivity contribution is 0.587. The number of aromatic nitrogens is 3. The molecule has 4 heteroatoms. The number of fused-ring (bicyclic) bond motifs is 1. The molecule has 0 amide bonds. The maximum Gasteiger partial charge on any atom is 0.117 e. The van der Waals surface area contributed by atoms with Crippen LogP contribution in [-0.4, -0.2) is 15.0 Å². The Hall–Kier alpha value is -0.570. The van der Waals surface area contributed by atoms with Crippen molar-refractivity contribution in [1.29, 1.82) is 0 Å². The van der Waals surface area contributed by atoms with E-state index in [1.54, 1.807) is 0 Å². The van der Waals surface area contributed by atoms with Crippen molar-refractivity contribution in [2.24, 2.45) is 0 Å². The summed E-state index contributed by atoms with van der Waals surface area (Å²) in [4.78, 5) is 0. The van der Waals surface area contributed by atoms with E-state index in [0.717, 1.165) is 12.8 Å². The van der Waals surface area contributed by atoms with Crippen LogP contribution in [0.1, 0.15) is 37.1 Å². The van der Waals surface area contributed by atoms with Gasteiger partial charge in [0.2, 0.25) is 0 Å². The summed E-state index contributed by atoms with van der Waals surface area (Å²) in [5.74, 6) is 0. The van der Waals surface area contributed by atoms with Crippen LogP contribution >= 0.6 is 11.6 Å². The summed E-state index contributed by atoms with van der Waals surface area (Å²) in [5, 5.41) is 8.19. The summed E-state index contributed by atoms with van der Waals surface area (Å²) < 4.78 is 1.82. The fraction of sp³-hybridized carbons (Fsp3) is 0.778. The average molecular weight is 200 g/mol. The van der Waals surface area contributed by atoms with E-state index in [1.807, 2.05) is 4.68 Å². The topological polar surface area (TPSA) is 30.7 Å². The van der Waals surface area contributed by atoms with Gasteiger partial charge in [-0.05, 0) is 25.7 Å². The van der Waals surface area contributed by atoms with Gasteiger partial charge in [0, 0.05) is 0 Å². The zero-order valence-electron chi connectivity index (χ0n) is 7.67. The van der Waals surface area contributed by atoms with Crippen LogP contribution in [0, 0.1) is 0 Å². The molecule has 72 valence electrons. The fourth-order valence-corrected chi connectivity index (χ4v) is 2.06. The molecule has 13 heavy (non-hydrogen) atoms. The average Bonchev–Trinajstić information content (AvgIpc) is 2.46. The second-order valence-corrected chi connectivity index (χ2v) is 3.76.